The Morgan fingerprint density at radius 2 is 1.56 bits per heavy atom. The van der Waals surface area contributed by atoms with Gasteiger partial charge in [0.25, 0.3) is 0 Å². The van der Waals surface area contributed by atoms with E-state index in [1.165, 1.54) is 19.1 Å². The molecule has 0 atom stereocenters. The molecule has 3 nitrogen and oxygen atoms in total. The van der Waals surface area contributed by atoms with Gasteiger partial charge in [-0.1, -0.05) is 83.3 Å². The number of benzene rings is 2. The number of rotatable bonds is 2. The normalized spacial score (nSPS) is 9.48. The average Bonchev–Trinajstić information content (AvgIpc) is 2.58. The molecule has 0 fully saturated rings. The summed E-state index contributed by atoms with van der Waals surface area (Å²) in [5.74, 6) is 0.202. The molecule has 2 N–H and O–H groups in total. The van der Waals surface area contributed by atoms with Gasteiger partial charge in [-0.25, -0.2) is 0 Å². The van der Waals surface area contributed by atoms with E-state index in [1.807, 2.05) is 6.07 Å². The molecular formula is C18H16Cl4O3. The predicted molar refractivity (Wildman–Crippen MR) is 106 cm³/mol. The fourth-order valence-corrected chi connectivity index (χ4v) is 1.98. The minimum absolute atomic E-state index is 0.0149. The summed E-state index contributed by atoms with van der Waals surface area (Å²) in [6.07, 6.45) is 4.65. The van der Waals surface area contributed by atoms with Crippen LogP contribution in [-0.4, -0.2) is 16.0 Å². The van der Waals surface area contributed by atoms with Crippen molar-refractivity contribution < 1.29 is 15.0 Å². The van der Waals surface area contributed by atoms with E-state index in [0.29, 0.717) is 5.75 Å². The molecule has 134 valence electrons. The SMILES string of the molecule is C=C/C=C/C(C)=O.Oc1cc(Cl)c(Cl)c(Cl)c1Cl.Oc1ccccc1. The number of allylic oxidation sites excluding steroid dienone is 3. The molecule has 0 amide bonds. The van der Waals surface area contributed by atoms with Crippen LogP contribution in [0.5, 0.6) is 11.5 Å². The number of phenols is 2. The van der Waals surface area contributed by atoms with Crippen molar-refractivity contribution in [1.82, 2.24) is 0 Å². The first kappa shape index (κ1) is 23.4. The molecule has 0 bridgehead atoms. The molecule has 7 heteroatoms. The molecule has 0 aliphatic heterocycles. The van der Waals surface area contributed by atoms with Crippen LogP contribution in [0, 0.1) is 0 Å². The Hall–Kier alpha value is -1.65. The number of halogens is 4. The van der Waals surface area contributed by atoms with Crippen molar-refractivity contribution in [2.24, 2.45) is 0 Å². The standard InChI is InChI=1S/C6H2Cl4O.C6H6O.C6H8O/c7-2-1-3(11)5(9)6(10)4(2)8;7-6-4-2-1-3-5-6;1-3-4-5-6(2)7/h1,11H;1-5,7H;3-5H,1H2,2H3/b;;5-4+. The Morgan fingerprint density at radius 1 is 1.00 bits per heavy atom. The fourth-order valence-electron chi connectivity index (χ4n) is 1.19. The number of carbonyl (C=O) groups is 1. The Balaban J connectivity index is 0.000000362. The van der Waals surface area contributed by atoms with Crippen LogP contribution in [0.4, 0.5) is 0 Å². The van der Waals surface area contributed by atoms with Crippen molar-refractivity contribution in [1.29, 1.82) is 0 Å². The van der Waals surface area contributed by atoms with Crippen LogP contribution in [0.2, 0.25) is 20.1 Å². The van der Waals surface area contributed by atoms with Gasteiger partial charge in [-0.15, -0.1) is 0 Å². The van der Waals surface area contributed by atoms with Gasteiger partial charge in [0, 0.05) is 6.07 Å². The largest absolute Gasteiger partial charge is 0.508 e. The van der Waals surface area contributed by atoms with Gasteiger partial charge in [0.15, 0.2) is 5.78 Å². The zero-order chi connectivity index (χ0) is 19.4. The lowest BCUT2D eigenvalue weighted by Crippen LogP contribution is -1.76. The van der Waals surface area contributed by atoms with E-state index in [0.717, 1.165) is 0 Å². The van der Waals surface area contributed by atoms with Crippen molar-refractivity contribution >= 4 is 52.2 Å². The van der Waals surface area contributed by atoms with E-state index >= 15 is 0 Å². The summed E-state index contributed by atoms with van der Waals surface area (Å²) in [5.41, 5.74) is 0. The molecule has 0 saturated heterocycles. The van der Waals surface area contributed by atoms with Crippen LogP contribution in [-0.2, 0) is 4.79 Å². The average molecular weight is 422 g/mol. The lowest BCUT2D eigenvalue weighted by Gasteiger charge is -2.02. The number of hydrogen-bond acceptors (Lipinski definition) is 3. The smallest absolute Gasteiger partial charge is 0.152 e. The van der Waals surface area contributed by atoms with Crippen LogP contribution in [0.25, 0.3) is 0 Å². The molecule has 0 aliphatic rings. The minimum atomic E-state index is -0.175. The molecule has 25 heavy (non-hydrogen) atoms. The molecule has 0 aliphatic carbocycles. The lowest BCUT2D eigenvalue weighted by molar-refractivity contribution is -0.112. The summed E-state index contributed by atoms with van der Waals surface area (Å²) >= 11 is 22.3. The summed E-state index contributed by atoms with van der Waals surface area (Å²) in [5, 5.41) is 18.1. The van der Waals surface area contributed by atoms with Gasteiger partial charge >= 0.3 is 0 Å². The van der Waals surface area contributed by atoms with Crippen molar-refractivity contribution in [3.05, 3.63) is 81.3 Å². The summed E-state index contributed by atoms with van der Waals surface area (Å²) in [4.78, 5) is 10.1. The molecule has 0 aromatic heterocycles. The van der Waals surface area contributed by atoms with E-state index in [1.54, 1.807) is 36.4 Å². The van der Waals surface area contributed by atoms with Crippen molar-refractivity contribution in [3.8, 4) is 11.5 Å². The summed E-state index contributed by atoms with van der Waals surface area (Å²) in [6, 6.07) is 9.95. The number of carbonyl (C=O) groups excluding carboxylic acids is 1. The van der Waals surface area contributed by atoms with Gasteiger partial charge < -0.3 is 10.2 Å². The third-order valence-electron chi connectivity index (χ3n) is 2.31. The maximum atomic E-state index is 10.1. The molecule has 0 radical (unpaired) electrons. The van der Waals surface area contributed by atoms with Crippen LogP contribution in [0.15, 0.2) is 61.2 Å². The maximum Gasteiger partial charge on any atom is 0.152 e. The Kier molecular flexibility index (Phi) is 11.8. The van der Waals surface area contributed by atoms with Crippen LogP contribution in [0.3, 0.4) is 0 Å². The van der Waals surface area contributed by atoms with Crippen molar-refractivity contribution in [2.75, 3.05) is 0 Å². The van der Waals surface area contributed by atoms with E-state index in [2.05, 4.69) is 6.58 Å². The zero-order valence-electron chi connectivity index (χ0n) is 13.2. The van der Waals surface area contributed by atoms with Crippen LogP contribution in [0.1, 0.15) is 6.92 Å². The van der Waals surface area contributed by atoms with E-state index < -0.39 is 0 Å². The quantitative estimate of drug-likeness (QED) is 0.245. The van der Waals surface area contributed by atoms with Gasteiger partial charge in [-0.05, 0) is 25.1 Å². The predicted octanol–water partition coefficient (Wildman–Crippen LogP) is 6.72. The summed E-state index contributed by atoms with van der Waals surface area (Å²) in [6.45, 7) is 4.89. The number of ketones is 1. The monoisotopic (exact) mass is 420 g/mol. The van der Waals surface area contributed by atoms with Gasteiger partial charge in [0.1, 0.15) is 16.5 Å². The Morgan fingerprint density at radius 3 is 1.92 bits per heavy atom. The van der Waals surface area contributed by atoms with Crippen molar-refractivity contribution in [2.45, 2.75) is 6.92 Å². The van der Waals surface area contributed by atoms with Gasteiger partial charge in [0.2, 0.25) is 0 Å². The second kappa shape index (κ2) is 12.7. The second-order valence-electron chi connectivity index (χ2n) is 4.36. The Labute approximate surface area is 166 Å². The highest BCUT2D eigenvalue weighted by molar-refractivity contribution is 6.52. The number of aromatic hydroxyl groups is 2. The van der Waals surface area contributed by atoms with Crippen molar-refractivity contribution in [3.63, 3.8) is 0 Å². The number of para-hydroxylation sites is 1. The highest BCUT2D eigenvalue weighted by Gasteiger charge is 2.11. The highest BCUT2D eigenvalue weighted by Crippen LogP contribution is 2.41. The molecule has 2 aromatic rings. The second-order valence-corrected chi connectivity index (χ2v) is 5.90. The molecular weight excluding hydrogens is 406 g/mol. The van der Waals surface area contributed by atoms with Crippen LogP contribution >= 0.6 is 46.4 Å². The fraction of sp³-hybridized carbons (Fsp3) is 0.0556. The molecule has 2 aromatic carbocycles. The first-order chi connectivity index (χ1) is 11.7. The van der Waals surface area contributed by atoms with E-state index in [-0.39, 0.29) is 31.6 Å². The molecule has 0 saturated carbocycles. The minimum Gasteiger partial charge on any atom is -0.508 e. The first-order valence-corrected chi connectivity index (χ1v) is 8.27. The Bertz CT molecular complexity index is 703. The number of phenolic OH excluding ortho intramolecular Hbond substituents is 2. The van der Waals surface area contributed by atoms with Gasteiger partial charge in [-0.3, -0.25) is 4.79 Å². The van der Waals surface area contributed by atoms with E-state index in [4.69, 9.17) is 56.6 Å². The molecule has 0 unspecified atom stereocenters. The topological polar surface area (TPSA) is 57.5 Å². The zero-order valence-corrected chi connectivity index (χ0v) is 16.2. The highest BCUT2D eigenvalue weighted by atomic mass is 35.5. The van der Waals surface area contributed by atoms with Gasteiger partial charge in [-0.2, -0.15) is 0 Å². The third kappa shape index (κ3) is 10.0. The lowest BCUT2D eigenvalue weighted by atomic mass is 10.3. The molecule has 0 spiro atoms. The van der Waals surface area contributed by atoms with Gasteiger partial charge in [0.05, 0.1) is 15.1 Å². The van der Waals surface area contributed by atoms with E-state index in [9.17, 15) is 4.79 Å². The maximum absolute atomic E-state index is 10.1. The molecule has 2 rings (SSSR count). The van der Waals surface area contributed by atoms with Crippen LogP contribution < -0.4 is 0 Å². The summed E-state index contributed by atoms with van der Waals surface area (Å²) in [7, 11) is 0. The third-order valence-corrected chi connectivity index (χ3v) is 4.05. The molecule has 0 heterocycles. The number of hydrogen-bond donors (Lipinski definition) is 2. The summed E-state index contributed by atoms with van der Waals surface area (Å²) < 4.78 is 0. The first-order valence-electron chi connectivity index (χ1n) is 6.76.